The predicted molar refractivity (Wildman–Crippen MR) is 104 cm³/mol. The molecule has 0 fully saturated rings. The van der Waals surface area contributed by atoms with Crippen molar-refractivity contribution >= 4 is 27.3 Å². The number of amides is 1. The van der Waals surface area contributed by atoms with Gasteiger partial charge in [-0.25, -0.2) is 17.2 Å². The molecular weight excluding hydrogens is 402 g/mol. The Labute approximate surface area is 166 Å². The highest BCUT2D eigenvalue weighted by Gasteiger charge is 2.14. The highest BCUT2D eigenvalue weighted by molar-refractivity contribution is 7.92. The predicted octanol–water partition coefficient (Wildman–Crippen LogP) is 3.78. The van der Waals surface area contributed by atoms with Crippen LogP contribution in [0.15, 0.2) is 77.7 Å². The number of rotatable bonds is 7. The van der Waals surface area contributed by atoms with Gasteiger partial charge in [0.05, 0.1) is 10.6 Å². The van der Waals surface area contributed by atoms with E-state index < -0.39 is 34.2 Å². The van der Waals surface area contributed by atoms with Gasteiger partial charge in [-0.15, -0.1) is 0 Å². The Morgan fingerprint density at radius 2 is 1.62 bits per heavy atom. The zero-order chi connectivity index (χ0) is 20.9. The van der Waals surface area contributed by atoms with Gasteiger partial charge in [0.15, 0.2) is 6.61 Å². The van der Waals surface area contributed by atoms with Crippen LogP contribution in [0.4, 0.5) is 20.2 Å². The maximum absolute atomic E-state index is 13.5. The van der Waals surface area contributed by atoms with Gasteiger partial charge in [0.1, 0.15) is 17.4 Å². The molecule has 0 aliphatic heterocycles. The van der Waals surface area contributed by atoms with Crippen LogP contribution >= 0.6 is 0 Å². The first-order valence-electron chi connectivity index (χ1n) is 8.39. The SMILES string of the molecule is O=C(COc1ccc(S(=O)(=O)Nc2ccccc2)cc1)Nc1ccc(F)cc1F. The largest absolute Gasteiger partial charge is 0.484 e. The average Bonchev–Trinajstić information content (AvgIpc) is 2.69. The molecule has 29 heavy (non-hydrogen) atoms. The molecule has 0 unspecified atom stereocenters. The number of carbonyl (C=O) groups excluding carboxylic acids is 1. The molecule has 0 bridgehead atoms. The Morgan fingerprint density at radius 3 is 2.28 bits per heavy atom. The van der Waals surface area contributed by atoms with Crippen LogP contribution in [0, 0.1) is 11.6 Å². The van der Waals surface area contributed by atoms with Crippen molar-refractivity contribution in [3.63, 3.8) is 0 Å². The lowest BCUT2D eigenvalue weighted by molar-refractivity contribution is -0.118. The number of benzene rings is 3. The normalized spacial score (nSPS) is 11.0. The summed E-state index contributed by atoms with van der Waals surface area (Å²) < 4.78 is 58.8. The average molecular weight is 418 g/mol. The summed E-state index contributed by atoms with van der Waals surface area (Å²) in [5.74, 6) is -2.07. The number of halogens is 2. The van der Waals surface area contributed by atoms with E-state index in [4.69, 9.17) is 4.74 Å². The van der Waals surface area contributed by atoms with E-state index in [9.17, 15) is 22.0 Å². The summed E-state index contributed by atoms with van der Waals surface area (Å²) in [4.78, 5) is 11.9. The number of hydrogen-bond donors (Lipinski definition) is 2. The van der Waals surface area contributed by atoms with Crippen LogP contribution in [0.2, 0.25) is 0 Å². The quantitative estimate of drug-likeness (QED) is 0.612. The van der Waals surface area contributed by atoms with Crippen LogP contribution < -0.4 is 14.8 Å². The summed E-state index contributed by atoms with van der Waals surface area (Å²) in [5.41, 5.74) is 0.256. The summed E-state index contributed by atoms with van der Waals surface area (Å²) in [6, 6.07) is 16.6. The van der Waals surface area contributed by atoms with Gasteiger partial charge in [0, 0.05) is 11.8 Å². The second-order valence-electron chi connectivity index (χ2n) is 5.90. The third-order valence-electron chi connectivity index (χ3n) is 3.74. The Morgan fingerprint density at radius 1 is 0.931 bits per heavy atom. The zero-order valence-corrected chi connectivity index (χ0v) is 15.7. The molecule has 0 spiro atoms. The standard InChI is InChI=1S/C20H16F2N2O4S/c21-14-6-11-19(18(22)12-14)23-20(25)13-28-16-7-9-17(10-8-16)29(26,27)24-15-4-2-1-3-5-15/h1-12,24H,13H2,(H,23,25). The van der Waals surface area contributed by atoms with E-state index in [0.717, 1.165) is 12.1 Å². The number of hydrogen-bond acceptors (Lipinski definition) is 4. The van der Waals surface area contributed by atoms with Crippen molar-refractivity contribution in [2.75, 3.05) is 16.6 Å². The van der Waals surface area contributed by atoms with E-state index in [0.29, 0.717) is 11.8 Å². The minimum atomic E-state index is -3.77. The third-order valence-corrected chi connectivity index (χ3v) is 5.13. The third kappa shape index (κ3) is 5.52. The molecule has 3 rings (SSSR count). The molecule has 6 nitrogen and oxygen atoms in total. The number of ether oxygens (including phenoxy) is 1. The smallest absolute Gasteiger partial charge is 0.262 e. The molecule has 0 saturated heterocycles. The second-order valence-corrected chi connectivity index (χ2v) is 7.59. The van der Waals surface area contributed by atoms with Crippen molar-refractivity contribution < 1.29 is 26.7 Å². The highest BCUT2D eigenvalue weighted by atomic mass is 32.2. The Kier molecular flexibility index (Phi) is 6.08. The fourth-order valence-corrected chi connectivity index (χ4v) is 3.42. The molecular formula is C20H16F2N2O4S. The van der Waals surface area contributed by atoms with Gasteiger partial charge < -0.3 is 10.1 Å². The maximum atomic E-state index is 13.5. The molecule has 3 aromatic carbocycles. The van der Waals surface area contributed by atoms with Crippen molar-refractivity contribution in [3.05, 3.63) is 84.4 Å². The lowest BCUT2D eigenvalue weighted by atomic mass is 10.3. The van der Waals surface area contributed by atoms with E-state index in [1.54, 1.807) is 30.3 Å². The molecule has 1 amide bonds. The molecule has 0 aromatic heterocycles. The van der Waals surface area contributed by atoms with Gasteiger partial charge in [-0.05, 0) is 48.5 Å². The number of carbonyl (C=O) groups is 1. The summed E-state index contributed by atoms with van der Waals surface area (Å²) in [7, 11) is -3.77. The van der Waals surface area contributed by atoms with Gasteiger partial charge in [0.2, 0.25) is 0 Å². The lowest BCUT2D eigenvalue weighted by Gasteiger charge is -2.10. The number of nitrogens with one attached hydrogen (secondary N) is 2. The first-order chi connectivity index (χ1) is 13.8. The van der Waals surface area contributed by atoms with Crippen molar-refractivity contribution in [3.8, 4) is 5.75 Å². The minimum Gasteiger partial charge on any atom is -0.484 e. The fourth-order valence-electron chi connectivity index (χ4n) is 2.36. The van der Waals surface area contributed by atoms with E-state index in [1.807, 2.05) is 0 Å². The van der Waals surface area contributed by atoms with E-state index in [-0.39, 0.29) is 16.3 Å². The molecule has 3 aromatic rings. The fraction of sp³-hybridized carbons (Fsp3) is 0.0500. The lowest BCUT2D eigenvalue weighted by Crippen LogP contribution is -2.21. The van der Waals surface area contributed by atoms with E-state index in [2.05, 4.69) is 10.0 Å². The van der Waals surface area contributed by atoms with Gasteiger partial charge in [-0.2, -0.15) is 0 Å². The summed E-state index contributed by atoms with van der Waals surface area (Å²) in [6.07, 6.45) is 0. The number of anilines is 2. The summed E-state index contributed by atoms with van der Waals surface area (Å²) in [6.45, 7) is -0.439. The molecule has 0 saturated carbocycles. The first kappa shape index (κ1) is 20.3. The number of para-hydroxylation sites is 1. The van der Waals surface area contributed by atoms with Gasteiger partial charge in [-0.3, -0.25) is 9.52 Å². The summed E-state index contributed by atoms with van der Waals surface area (Å²) in [5, 5.41) is 2.26. The van der Waals surface area contributed by atoms with E-state index >= 15 is 0 Å². The molecule has 0 aliphatic rings. The van der Waals surface area contributed by atoms with Crippen molar-refractivity contribution in [1.29, 1.82) is 0 Å². The molecule has 0 aliphatic carbocycles. The molecule has 0 heterocycles. The van der Waals surface area contributed by atoms with Crippen LogP contribution in [-0.4, -0.2) is 20.9 Å². The van der Waals surface area contributed by atoms with E-state index in [1.165, 1.54) is 24.3 Å². The van der Waals surface area contributed by atoms with Crippen LogP contribution in [0.25, 0.3) is 0 Å². The molecule has 0 radical (unpaired) electrons. The van der Waals surface area contributed by atoms with Crippen molar-refractivity contribution in [2.24, 2.45) is 0 Å². The first-order valence-corrected chi connectivity index (χ1v) is 9.87. The Bertz CT molecular complexity index is 1110. The Hall–Kier alpha value is -3.46. The summed E-state index contributed by atoms with van der Waals surface area (Å²) >= 11 is 0. The van der Waals surface area contributed by atoms with Crippen LogP contribution in [0.5, 0.6) is 5.75 Å². The minimum absolute atomic E-state index is 0.0199. The topological polar surface area (TPSA) is 84.5 Å². The van der Waals surface area contributed by atoms with Crippen LogP contribution in [-0.2, 0) is 14.8 Å². The highest BCUT2D eigenvalue weighted by Crippen LogP contribution is 2.19. The maximum Gasteiger partial charge on any atom is 0.262 e. The van der Waals surface area contributed by atoms with Gasteiger partial charge >= 0.3 is 0 Å². The Balaban J connectivity index is 1.58. The second kappa shape index (κ2) is 8.70. The van der Waals surface area contributed by atoms with Gasteiger partial charge in [-0.1, -0.05) is 18.2 Å². The van der Waals surface area contributed by atoms with Crippen LogP contribution in [0.1, 0.15) is 0 Å². The molecule has 0 atom stereocenters. The molecule has 9 heteroatoms. The molecule has 2 N–H and O–H groups in total. The zero-order valence-electron chi connectivity index (χ0n) is 14.9. The van der Waals surface area contributed by atoms with Crippen molar-refractivity contribution in [1.82, 2.24) is 0 Å². The molecule has 150 valence electrons. The number of sulfonamides is 1. The van der Waals surface area contributed by atoms with Gasteiger partial charge in [0.25, 0.3) is 15.9 Å². The monoisotopic (exact) mass is 418 g/mol. The van der Waals surface area contributed by atoms with Crippen LogP contribution in [0.3, 0.4) is 0 Å². The van der Waals surface area contributed by atoms with Crippen molar-refractivity contribution in [2.45, 2.75) is 4.90 Å².